The molecule has 1 saturated heterocycles. The first-order valence-corrected chi connectivity index (χ1v) is 6.68. The molecule has 5 nitrogen and oxygen atoms in total. The lowest BCUT2D eigenvalue weighted by atomic mass is 10.0. The van der Waals surface area contributed by atoms with Crippen molar-refractivity contribution in [3.8, 4) is 0 Å². The number of ether oxygens (including phenoxy) is 1. The van der Waals surface area contributed by atoms with Crippen molar-refractivity contribution >= 4 is 11.8 Å². The molecule has 0 aromatic heterocycles. The van der Waals surface area contributed by atoms with E-state index < -0.39 is 6.04 Å². The van der Waals surface area contributed by atoms with Gasteiger partial charge in [-0.05, 0) is 19.8 Å². The Kier molecular flexibility index (Phi) is 5.59. The lowest BCUT2D eigenvalue weighted by Gasteiger charge is -2.42. The number of nitrogens with one attached hydrogen (secondary N) is 1. The van der Waals surface area contributed by atoms with E-state index in [1.807, 2.05) is 6.92 Å². The molecule has 0 aromatic rings. The SMILES string of the molecule is CCCC(COC)N1C(=O)C(C)NC(=O)C1CC. The third-order valence-electron chi connectivity index (χ3n) is 3.38. The number of carbonyl (C=O) groups excluding carboxylic acids is 2. The number of nitrogens with zero attached hydrogens (tertiary/aromatic N) is 1. The van der Waals surface area contributed by atoms with Gasteiger partial charge in [-0.15, -0.1) is 0 Å². The summed E-state index contributed by atoms with van der Waals surface area (Å²) >= 11 is 0. The fraction of sp³-hybridized carbons (Fsp3) is 0.846. The topological polar surface area (TPSA) is 58.6 Å². The van der Waals surface area contributed by atoms with Gasteiger partial charge in [0.2, 0.25) is 11.8 Å². The summed E-state index contributed by atoms with van der Waals surface area (Å²) in [7, 11) is 1.63. The molecule has 0 aromatic carbocycles. The number of rotatable bonds is 6. The number of hydrogen-bond donors (Lipinski definition) is 1. The van der Waals surface area contributed by atoms with E-state index in [-0.39, 0.29) is 23.9 Å². The van der Waals surface area contributed by atoms with E-state index in [4.69, 9.17) is 4.74 Å². The van der Waals surface area contributed by atoms with Crippen LogP contribution in [0.5, 0.6) is 0 Å². The van der Waals surface area contributed by atoms with Gasteiger partial charge in [-0.2, -0.15) is 0 Å². The van der Waals surface area contributed by atoms with Crippen LogP contribution in [-0.4, -0.2) is 48.6 Å². The Labute approximate surface area is 109 Å². The summed E-state index contributed by atoms with van der Waals surface area (Å²) in [4.78, 5) is 26.0. The number of piperazine rings is 1. The number of amides is 2. The monoisotopic (exact) mass is 256 g/mol. The predicted octanol–water partition coefficient (Wildman–Crippen LogP) is 0.927. The molecule has 1 rings (SSSR count). The molecular weight excluding hydrogens is 232 g/mol. The lowest BCUT2D eigenvalue weighted by Crippen LogP contribution is -2.65. The Morgan fingerprint density at radius 2 is 2.06 bits per heavy atom. The molecule has 2 amide bonds. The molecule has 1 fully saturated rings. The summed E-state index contributed by atoms with van der Waals surface area (Å²) in [6, 6.07) is -0.803. The smallest absolute Gasteiger partial charge is 0.245 e. The van der Waals surface area contributed by atoms with Gasteiger partial charge in [-0.1, -0.05) is 20.3 Å². The lowest BCUT2D eigenvalue weighted by molar-refractivity contribution is -0.153. The van der Waals surface area contributed by atoms with E-state index in [9.17, 15) is 9.59 Å². The molecule has 1 aliphatic rings. The summed E-state index contributed by atoms with van der Waals surface area (Å²) in [5.74, 6) is -0.0567. The second kappa shape index (κ2) is 6.73. The summed E-state index contributed by atoms with van der Waals surface area (Å²) in [5.41, 5.74) is 0. The van der Waals surface area contributed by atoms with E-state index >= 15 is 0 Å². The number of hydrogen-bond acceptors (Lipinski definition) is 3. The van der Waals surface area contributed by atoms with E-state index in [1.54, 1.807) is 18.9 Å². The highest BCUT2D eigenvalue weighted by Gasteiger charge is 2.40. The fourth-order valence-corrected chi connectivity index (χ4v) is 2.52. The second-order valence-corrected chi connectivity index (χ2v) is 4.80. The molecule has 0 bridgehead atoms. The minimum Gasteiger partial charge on any atom is -0.383 e. The Hall–Kier alpha value is -1.10. The summed E-state index contributed by atoms with van der Waals surface area (Å²) in [5, 5.41) is 2.73. The van der Waals surface area contributed by atoms with Crippen LogP contribution in [0.4, 0.5) is 0 Å². The van der Waals surface area contributed by atoms with E-state index in [0.29, 0.717) is 13.0 Å². The average Bonchev–Trinajstić information content (AvgIpc) is 2.33. The molecule has 5 heteroatoms. The standard InChI is InChI=1S/C13H24N2O3/c1-5-7-10(8-18-4)15-11(6-2)12(16)14-9(3)13(15)17/h9-11H,5-8H2,1-4H3,(H,14,16). The molecule has 3 unspecified atom stereocenters. The maximum Gasteiger partial charge on any atom is 0.245 e. The van der Waals surface area contributed by atoms with Crippen LogP contribution in [0.3, 0.4) is 0 Å². The highest BCUT2D eigenvalue weighted by Crippen LogP contribution is 2.19. The predicted molar refractivity (Wildman–Crippen MR) is 69.1 cm³/mol. The summed E-state index contributed by atoms with van der Waals surface area (Å²) < 4.78 is 5.20. The van der Waals surface area contributed by atoms with Crippen LogP contribution in [0.1, 0.15) is 40.0 Å². The largest absolute Gasteiger partial charge is 0.383 e. The molecule has 0 aliphatic carbocycles. The molecule has 104 valence electrons. The average molecular weight is 256 g/mol. The van der Waals surface area contributed by atoms with Crippen molar-refractivity contribution in [2.24, 2.45) is 0 Å². The highest BCUT2D eigenvalue weighted by atomic mass is 16.5. The van der Waals surface area contributed by atoms with Gasteiger partial charge in [-0.3, -0.25) is 9.59 Å². The first-order valence-electron chi connectivity index (χ1n) is 6.68. The van der Waals surface area contributed by atoms with Crippen molar-refractivity contribution in [1.82, 2.24) is 10.2 Å². The van der Waals surface area contributed by atoms with Crippen LogP contribution >= 0.6 is 0 Å². The Balaban J connectivity index is 2.95. The van der Waals surface area contributed by atoms with Crippen molar-refractivity contribution in [2.45, 2.75) is 58.2 Å². The Bertz CT molecular complexity index is 301. The third kappa shape index (κ3) is 3.02. The summed E-state index contributed by atoms with van der Waals surface area (Å²) in [6.45, 7) is 6.21. The van der Waals surface area contributed by atoms with Gasteiger partial charge in [0.15, 0.2) is 0 Å². The van der Waals surface area contributed by atoms with Gasteiger partial charge in [0, 0.05) is 7.11 Å². The minimum absolute atomic E-state index is 0.00282. The van der Waals surface area contributed by atoms with Crippen LogP contribution in [0.15, 0.2) is 0 Å². The van der Waals surface area contributed by atoms with Gasteiger partial charge in [0.25, 0.3) is 0 Å². The van der Waals surface area contributed by atoms with E-state index in [2.05, 4.69) is 12.2 Å². The molecule has 3 atom stereocenters. The normalized spacial score (nSPS) is 26.1. The van der Waals surface area contributed by atoms with Crippen molar-refractivity contribution in [3.63, 3.8) is 0 Å². The molecule has 0 saturated carbocycles. The van der Waals surface area contributed by atoms with Gasteiger partial charge in [0.1, 0.15) is 12.1 Å². The van der Waals surface area contributed by atoms with Gasteiger partial charge in [-0.25, -0.2) is 0 Å². The molecule has 0 spiro atoms. The first kappa shape index (κ1) is 15.0. The third-order valence-corrected chi connectivity index (χ3v) is 3.38. The first-order chi connectivity index (χ1) is 8.56. The van der Waals surface area contributed by atoms with Crippen molar-refractivity contribution in [1.29, 1.82) is 0 Å². The van der Waals surface area contributed by atoms with Crippen LogP contribution in [-0.2, 0) is 14.3 Å². The number of methoxy groups -OCH3 is 1. The van der Waals surface area contributed by atoms with Crippen LogP contribution < -0.4 is 5.32 Å². The van der Waals surface area contributed by atoms with E-state index in [0.717, 1.165) is 12.8 Å². The van der Waals surface area contributed by atoms with Crippen LogP contribution in [0, 0.1) is 0 Å². The zero-order valence-corrected chi connectivity index (χ0v) is 11.7. The van der Waals surface area contributed by atoms with Crippen LogP contribution in [0.2, 0.25) is 0 Å². The molecule has 1 N–H and O–H groups in total. The second-order valence-electron chi connectivity index (χ2n) is 4.80. The van der Waals surface area contributed by atoms with Crippen LogP contribution in [0.25, 0.3) is 0 Å². The molecule has 18 heavy (non-hydrogen) atoms. The van der Waals surface area contributed by atoms with Gasteiger partial charge >= 0.3 is 0 Å². The Morgan fingerprint density at radius 1 is 1.39 bits per heavy atom. The molecule has 1 heterocycles. The van der Waals surface area contributed by atoms with Gasteiger partial charge in [0.05, 0.1) is 12.6 Å². The van der Waals surface area contributed by atoms with Crippen molar-refractivity contribution < 1.29 is 14.3 Å². The molecule has 1 aliphatic heterocycles. The zero-order valence-electron chi connectivity index (χ0n) is 11.7. The quantitative estimate of drug-likeness (QED) is 0.769. The van der Waals surface area contributed by atoms with Gasteiger partial charge < -0.3 is 15.0 Å². The molecular formula is C13H24N2O3. The van der Waals surface area contributed by atoms with Crippen molar-refractivity contribution in [3.05, 3.63) is 0 Å². The highest BCUT2D eigenvalue weighted by molar-refractivity contribution is 5.96. The summed E-state index contributed by atoms with van der Waals surface area (Å²) in [6.07, 6.45) is 2.45. The van der Waals surface area contributed by atoms with E-state index in [1.165, 1.54) is 0 Å². The van der Waals surface area contributed by atoms with Crippen molar-refractivity contribution in [2.75, 3.05) is 13.7 Å². The fourth-order valence-electron chi connectivity index (χ4n) is 2.52. The maximum absolute atomic E-state index is 12.3. The number of carbonyl (C=O) groups is 2. The Morgan fingerprint density at radius 3 is 2.56 bits per heavy atom. The minimum atomic E-state index is -0.434. The maximum atomic E-state index is 12.3. The zero-order chi connectivity index (χ0) is 13.7. The molecule has 0 radical (unpaired) electrons.